The Morgan fingerprint density at radius 3 is 2.50 bits per heavy atom. The molecule has 2 unspecified atom stereocenters. The summed E-state index contributed by atoms with van der Waals surface area (Å²) >= 11 is 0. The zero-order chi connectivity index (χ0) is 12.2. The lowest BCUT2D eigenvalue weighted by atomic mass is 9.90. The molecule has 0 aromatic rings. The summed E-state index contributed by atoms with van der Waals surface area (Å²) in [7, 11) is 0. The first-order chi connectivity index (χ1) is 7.44. The Kier molecular flexibility index (Phi) is 4.73. The van der Waals surface area contributed by atoms with Crippen LogP contribution in [0.15, 0.2) is 0 Å². The highest BCUT2D eigenvalue weighted by Crippen LogP contribution is 2.25. The highest BCUT2D eigenvalue weighted by Gasteiger charge is 2.42. The summed E-state index contributed by atoms with van der Waals surface area (Å²) in [5, 5.41) is 0. The smallest absolute Gasteiger partial charge is 0.374 e. The summed E-state index contributed by atoms with van der Waals surface area (Å²) in [6, 6.07) is 0. The van der Waals surface area contributed by atoms with Crippen molar-refractivity contribution >= 4 is 5.78 Å². The highest BCUT2D eigenvalue weighted by atomic mass is 19.4. The third-order valence-corrected chi connectivity index (χ3v) is 2.28. The molecule has 94 valence electrons. The van der Waals surface area contributed by atoms with Crippen molar-refractivity contribution in [2.45, 2.75) is 44.6 Å². The molecule has 1 saturated carbocycles. The second-order valence-electron chi connectivity index (χ2n) is 3.74. The van der Waals surface area contributed by atoms with Crippen LogP contribution in [-0.4, -0.2) is 37.4 Å². The maximum absolute atomic E-state index is 11.8. The van der Waals surface area contributed by atoms with E-state index >= 15 is 0 Å². The van der Waals surface area contributed by atoms with E-state index in [1.54, 1.807) is 0 Å². The molecule has 0 N–H and O–H groups in total. The van der Waals surface area contributed by atoms with Gasteiger partial charge in [-0.3, -0.25) is 4.79 Å². The fraction of sp³-hybridized carbons (Fsp3) is 0.900. The van der Waals surface area contributed by atoms with Gasteiger partial charge in [0.2, 0.25) is 0 Å². The number of rotatable bonds is 6. The van der Waals surface area contributed by atoms with Crippen LogP contribution in [0.5, 0.6) is 0 Å². The van der Waals surface area contributed by atoms with Crippen molar-refractivity contribution < 1.29 is 27.4 Å². The van der Waals surface area contributed by atoms with Crippen LogP contribution >= 0.6 is 0 Å². The molecule has 0 aromatic carbocycles. The molecule has 16 heavy (non-hydrogen) atoms. The van der Waals surface area contributed by atoms with Crippen LogP contribution in [0.1, 0.15) is 26.2 Å². The van der Waals surface area contributed by atoms with Gasteiger partial charge in [-0.15, -0.1) is 0 Å². The summed E-state index contributed by atoms with van der Waals surface area (Å²) in [6.45, 7) is 1.91. The second kappa shape index (κ2) is 5.63. The van der Waals surface area contributed by atoms with E-state index in [0.717, 1.165) is 6.42 Å². The fourth-order valence-corrected chi connectivity index (χ4v) is 1.39. The van der Waals surface area contributed by atoms with Crippen LogP contribution in [0.4, 0.5) is 13.2 Å². The lowest BCUT2D eigenvalue weighted by Gasteiger charge is -2.34. The molecule has 3 nitrogen and oxygen atoms in total. The van der Waals surface area contributed by atoms with Crippen LogP contribution in [0.3, 0.4) is 0 Å². The molecule has 0 bridgehead atoms. The zero-order valence-corrected chi connectivity index (χ0v) is 9.05. The Morgan fingerprint density at radius 2 is 2.00 bits per heavy atom. The van der Waals surface area contributed by atoms with Crippen molar-refractivity contribution in [1.29, 1.82) is 0 Å². The number of alkyl halides is 3. The Hall–Kier alpha value is -0.620. The van der Waals surface area contributed by atoms with Crippen LogP contribution in [-0.2, 0) is 14.3 Å². The van der Waals surface area contributed by atoms with E-state index in [1.165, 1.54) is 0 Å². The van der Waals surface area contributed by atoms with Crippen molar-refractivity contribution in [3.8, 4) is 0 Å². The number of hydrogen-bond donors (Lipinski definition) is 0. The number of ether oxygens (including phenoxy) is 2. The van der Waals surface area contributed by atoms with Crippen molar-refractivity contribution in [3.63, 3.8) is 0 Å². The van der Waals surface area contributed by atoms with E-state index in [-0.39, 0.29) is 12.2 Å². The molecule has 1 rings (SSSR count). The quantitative estimate of drug-likeness (QED) is 0.713. The summed E-state index contributed by atoms with van der Waals surface area (Å²) < 4.78 is 45.6. The monoisotopic (exact) mass is 240 g/mol. The molecule has 0 aliphatic heterocycles. The van der Waals surface area contributed by atoms with E-state index < -0.39 is 31.4 Å². The van der Waals surface area contributed by atoms with Gasteiger partial charge in [0, 0.05) is 13.0 Å². The number of halogens is 3. The number of carbonyl (C=O) groups excluding carboxylic acids is 1. The minimum absolute atomic E-state index is 0.0922. The molecule has 0 spiro atoms. The summed E-state index contributed by atoms with van der Waals surface area (Å²) in [5.74, 6) is -0.0922. The molecule has 0 saturated heterocycles. The topological polar surface area (TPSA) is 35.5 Å². The van der Waals surface area contributed by atoms with Crippen LogP contribution in [0.2, 0.25) is 0 Å². The van der Waals surface area contributed by atoms with E-state index in [0.29, 0.717) is 6.61 Å². The molecular formula is C10H15F3O3. The highest BCUT2D eigenvalue weighted by molar-refractivity contribution is 5.90. The average molecular weight is 240 g/mol. The molecule has 6 heteroatoms. The first kappa shape index (κ1) is 13.4. The lowest BCUT2D eigenvalue weighted by Crippen LogP contribution is -2.50. The number of Topliss-reactive ketones (excluding diaryl/α,β-unsaturated/α-hetero) is 1. The molecule has 0 heterocycles. The molecule has 1 aliphatic rings. The Morgan fingerprint density at radius 1 is 1.31 bits per heavy atom. The molecule has 0 radical (unpaired) electrons. The zero-order valence-electron chi connectivity index (χ0n) is 9.05. The number of hydrogen-bond acceptors (Lipinski definition) is 3. The molecule has 2 atom stereocenters. The fourth-order valence-electron chi connectivity index (χ4n) is 1.39. The van der Waals surface area contributed by atoms with Crippen LogP contribution in [0.25, 0.3) is 0 Å². The lowest BCUT2D eigenvalue weighted by molar-refractivity contribution is -0.178. The summed E-state index contributed by atoms with van der Waals surface area (Å²) in [6.07, 6.45) is -5.44. The predicted molar refractivity (Wildman–Crippen MR) is 50.1 cm³/mol. The largest absolute Gasteiger partial charge is 0.391 e. The Bertz CT molecular complexity index is 240. The van der Waals surface area contributed by atoms with Gasteiger partial charge in [0.15, 0.2) is 5.78 Å². The SMILES string of the molecule is CCCOC1C(=O)CC1OCCC(F)(F)F. The van der Waals surface area contributed by atoms with Gasteiger partial charge in [-0.1, -0.05) is 6.92 Å². The van der Waals surface area contributed by atoms with Gasteiger partial charge in [-0.05, 0) is 6.42 Å². The number of ketones is 1. The normalized spacial score (nSPS) is 25.6. The first-order valence-corrected chi connectivity index (χ1v) is 5.26. The van der Waals surface area contributed by atoms with Gasteiger partial charge in [0.1, 0.15) is 6.10 Å². The van der Waals surface area contributed by atoms with Crippen molar-refractivity contribution in [2.75, 3.05) is 13.2 Å². The van der Waals surface area contributed by atoms with Gasteiger partial charge in [-0.2, -0.15) is 13.2 Å². The Balaban J connectivity index is 2.20. The summed E-state index contributed by atoms with van der Waals surface area (Å²) in [4.78, 5) is 11.1. The molecule has 1 aliphatic carbocycles. The van der Waals surface area contributed by atoms with Gasteiger partial charge in [0.25, 0.3) is 0 Å². The van der Waals surface area contributed by atoms with E-state index in [4.69, 9.17) is 9.47 Å². The van der Waals surface area contributed by atoms with Crippen LogP contribution in [0, 0.1) is 0 Å². The van der Waals surface area contributed by atoms with Crippen molar-refractivity contribution in [1.82, 2.24) is 0 Å². The minimum Gasteiger partial charge on any atom is -0.374 e. The van der Waals surface area contributed by atoms with Crippen molar-refractivity contribution in [2.24, 2.45) is 0 Å². The molecule has 0 amide bonds. The predicted octanol–water partition coefficient (Wildman–Crippen LogP) is 2.09. The van der Waals surface area contributed by atoms with Crippen LogP contribution < -0.4 is 0 Å². The van der Waals surface area contributed by atoms with E-state index in [2.05, 4.69) is 0 Å². The van der Waals surface area contributed by atoms with Crippen molar-refractivity contribution in [3.05, 3.63) is 0 Å². The third-order valence-electron chi connectivity index (χ3n) is 2.28. The number of carbonyl (C=O) groups is 1. The minimum atomic E-state index is -4.21. The standard InChI is InChI=1S/C10H15F3O3/c1-2-4-16-9-7(14)6-8(9)15-5-3-10(11,12)13/h8-9H,2-6H2,1H3. The molecular weight excluding hydrogens is 225 g/mol. The van der Waals surface area contributed by atoms with Gasteiger partial charge < -0.3 is 9.47 Å². The average Bonchev–Trinajstić information content (AvgIpc) is 2.15. The molecule has 0 aromatic heterocycles. The van der Waals surface area contributed by atoms with Gasteiger partial charge >= 0.3 is 6.18 Å². The van der Waals surface area contributed by atoms with Gasteiger partial charge in [0.05, 0.1) is 19.1 Å². The first-order valence-electron chi connectivity index (χ1n) is 5.26. The summed E-state index contributed by atoms with van der Waals surface area (Å²) in [5.41, 5.74) is 0. The van der Waals surface area contributed by atoms with Gasteiger partial charge in [-0.25, -0.2) is 0 Å². The third kappa shape index (κ3) is 4.09. The maximum atomic E-state index is 11.8. The van der Waals surface area contributed by atoms with E-state index in [1.807, 2.05) is 6.92 Å². The maximum Gasteiger partial charge on any atom is 0.391 e. The molecule has 1 fully saturated rings. The Labute approximate surface area is 91.9 Å². The van der Waals surface area contributed by atoms with E-state index in [9.17, 15) is 18.0 Å². The second-order valence-corrected chi connectivity index (χ2v) is 3.74.